The lowest BCUT2D eigenvalue weighted by Crippen LogP contribution is -2.04. The number of aromatic nitrogens is 2. The summed E-state index contributed by atoms with van der Waals surface area (Å²) >= 11 is 3.22. The summed E-state index contributed by atoms with van der Waals surface area (Å²) in [6.45, 7) is -1.76. The Morgan fingerprint density at radius 3 is 2.90 bits per heavy atom. The van der Waals surface area contributed by atoms with Crippen molar-refractivity contribution >= 4 is 15.9 Å². The Morgan fingerprint density at radius 2 is 2.20 bits per heavy atom. The number of nitrogens with zero attached hydrogens (tertiary/aromatic N) is 2. The molecule has 7 heteroatoms. The first-order valence-electron chi connectivity index (χ1n) is 5.87. The zero-order valence-electron chi connectivity index (χ0n) is 10.7. The molecule has 2 rings (SSSR count). The van der Waals surface area contributed by atoms with Crippen molar-refractivity contribution in [1.29, 1.82) is 0 Å². The molecule has 0 saturated carbocycles. The molecule has 4 nitrogen and oxygen atoms in total. The van der Waals surface area contributed by atoms with E-state index in [1.54, 1.807) is 42.4 Å². The van der Waals surface area contributed by atoms with Crippen molar-refractivity contribution in [2.24, 2.45) is 0 Å². The van der Waals surface area contributed by atoms with E-state index in [0.717, 1.165) is 0 Å². The van der Waals surface area contributed by atoms with Gasteiger partial charge in [-0.05, 0) is 22.0 Å². The molecule has 1 aromatic heterocycles. The quantitative estimate of drug-likeness (QED) is 0.802. The third-order valence-corrected chi connectivity index (χ3v) is 3.27. The molecule has 0 atom stereocenters. The lowest BCUT2D eigenvalue weighted by Gasteiger charge is -2.11. The Bertz CT molecular complexity index is 575. The number of ether oxygens (including phenoxy) is 2. The maximum atomic E-state index is 12.5. The highest BCUT2D eigenvalue weighted by Crippen LogP contribution is 2.37. The van der Waals surface area contributed by atoms with Crippen LogP contribution in [0.5, 0.6) is 5.75 Å². The van der Waals surface area contributed by atoms with E-state index in [4.69, 9.17) is 4.74 Å². The van der Waals surface area contributed by atoms with Crippen LogP contribution >= 0.6 is 15.9 Å². The van der Waals surface area contributed by atoms with Gasteiger partial charge in [0.2, 0.25) is 0 Å². The van der Waals surface area contributed by atoms with Crippen LogP contribution in [0, 0.1) is 0 Å². The molecule has 0 aliphatic heterocycles. The van der Waals surface area contributed by atoms with Crippen molar-refractivity contribution in [3.8, 4) is 16.9 Å². The molecule has 0 bridgehead atoms. The lowest BCUT2D eigenvalue weighted by molar-refractivity contribution is -0.0499. The molecule has 0 amide bonds. The fourth-order valence-corrected chi connectivity index (χ4v) is 2.21. The molecule has 1 heterocycles. The first kappa shape index (κ1) is 14.9. The van der Waals surface area contributed by atoms with Gasteiger partial charge in [-0.25, -0.2) is 0 Å². The lowest BCUT2D eigenvalue weighted by atomic mass is 10.1. The first-order chi connectivity index (χ1) is 9.61. The predicted molar refractivity (Wildman–Crippen MR) is 73.9 cm³/mol. The van der Waals surface area contributed by atoms with Gasteiger partial charge in [-0.15, -0.1) is 0 Å². The van der Waals surface area contributed by atoms with Gasteiger partial charge in [0.05, 0.1) is 23.8 Å². The summed E-state index contributed by atoms with van der Waals surface area (Å²) in [5, 5.41) is 4.16. The molecule has 0 saturated heterocycles. The summed E-state index contributed by atoms with van der Waals surface area (Å²) in [5.74, 6) is 0.105. The Hall–Kier alpha value is -1.47. The van der Waals surface area contributed by atoms with Crippen LogP contribution in [-0.2, 0) is 11.3 Å². The largest absolute Gasteiger partial charge is 0.433 e. The normalized spacial score (nSPS) is 11.1. The molecule has 0 aliphatic carbocycles. The Morgan fingerprint density at radius 1 is 1.40 bits per heavy atom. The fraction of sp³-hybridized carbons (Fsp3) is 0.308. The number of rotatable bonds is 6. The van der Waals surface area contributed by atoms with E-state index >= 15 is 0 Å². The van der Waals surface area contributed by atoms with Gasteiger partial charge in [0.25, 0.3) is 0 Å². The molecule has 0 unspecified atom stereocenters. The third kappa shape index (κ3) is 3.55. The van der Waals surface area contributed by atoms with Crippen molar-refractivity contribution in [2.75, 3.05) is 13.7 Å². The number of methoxy groups -OCH3 is 1. The molecule has 108 valence electrons. The molecular weight excluding hydrogens is 334 g/mol. The number of halogens is 3. The van der Waals surface area contributed by atoms with Gasteiger partial charge in [-0.1, -0.05) is 12.1 Å². The minimum atomic E-state index is -2.88. The van der Waals surface area contributed by atoms with Crippen molar-refractivity contribution < 1.29 is 18.3 Å². The fourth-order valence-electron chi connectivity index (χ4n) is 1.75. The summed E-state index contributed by atoms with van der Waals surface area (Å²) in [6, 6.07) is 5.11. The molecule has 20 heavy (non-hydrogen) atoms. The summed E-state index contributed by atoms with van der Waals surface area (Å²) in [4.78, 5) is 0. The van der Waals surface area contributed by atoms with E-state index in [-0.39, 0.29) is 5.75 Å². The second-order valence-corrected chi connectivity index (χ2v) is 4.83. The van der Waals surface area contributed by atoms with Crippen LogP contribution in [0.25, 0.3) is 11.1 Å². The minimum absolute atomic E-state index is 0.105. The standard InChI is InChI=1S/C13H13BrF2N2O2/c1-19-6-5-18-8-9(7-17-18)10-3-2-4-11(14)12(10)20-13(15)16/h2-4,7-8,13H,5-6H2,1H3. The van der Waals surface area contributed by atoms with Crippen LogP contribution < -0.4 is 4.74 Å². The SMILES string of the molecule is COCCn1cc(-c2cccc(Br)c2OC(F)F)cn1. The van der Waals surface area contributed by atoms with Gasteiger partial charge < -0.3 is 9.47 Å². The van der Waals surface area contributed by atoms with Crippen LogP contribution in [0.1, 0.15) is 0 Å². The van der Waals surface area contributed by atoms with Crippen molar-refractivity contribution in [1.82, 2.24) is 9.78 Å². The molecule has 0 aliphatic rings. The van der Waals surface area contributed by atoms with Gasteiger partial charge >= 0.3 is 6.61 Å². The average Bonchev–Trinajstić information content (AvgIpc) is 2.87. The van der Waals surface area contributed by atoms with E-state index in [1.165, 1.54) is 0 Å². The Labute approximate surface area is 123 Å². The van der Waals surface area contributed by atoms with Gasteiger partial charge in [0.15, 0.2) is 0 Å². The number of benzene rings is 1. The van der Waals surface area contributed by atoms with Crippen molar-refractivity contribution in [3.05, 3.63) is 35.1 Å². The van der Waals surface area contributed by atoms with Crippen LogP contribution in [0.4, 0.5) is 8.78 Å². The molecule has 0 radical (unpaired) electrons. The van der Waals surface area contributed by atoms with Crippen LogP contribution in [0.3, 0.4) is 0 Å². The van der Waals surface area contributed by atoms with Crippen molar-refractivity contribution in [2.45, 2.75) is 13.2 Å². The van der Waals surface area contributed by atoms with E-state index in [2.05, 4.69) is 25.8 Å². The zero-order chi connectivity index (χ0) is 14.5. The van der Waals surface area contributed by atoms with Gasteiger partial charge in [0, 0.05) is 24.4 Å². The maximum Gasteiger partial charge on any atom is 0.387 e. The second-order valence-electron chi connectivity index (χ2n) is 3.98. The number of para-hydroxylation sites is 1. The van der Waals surface area contributed by atoms with Crippen molar-refractivity contribution in [3.63, 3.8) is 0 Å². The number of hydrogen-bond acceptors (Lipinski definition) is 3. The number of alkyl halides is 2. The summed E-state index contributed by atoms with van der Waals surface area (Å²) in [5.41, 5.74) is 1.27. The van der Waals surface area contributed by atoms with Crippen LogP contribution in [0.2, 0.25) is 0 Å². The molecule has 2 aromatic rings. The van der Waals surface area contributed by atoms with E-state index in [9.17, 15) is 8.78 Å². The van der Waals surface area contributed by atoms with Crippen LogP contribution in [-0.4, -0.2) is 30.1 Å². The highest BCUT2D eigenvalue weighted by atomic mass is 79.9. The molecule has 0 spiro atoms. The third-order valence-electron chi connectivity index (χ3n) is 2.64. The molecule has 0 fully saturated rings. The monoisotopic (exact) mass is 346 g/mol. The molecule has 0 N–H and O–H groups in total. The van der Waals surface area contributed by atoms with E-state index in [1.807, 2.05) is 0 Å². The minimum Gasteiger partial charge on any atom is -0.433 e. The molecule has 1 aromatic carbocycles. The maximum absolute atomic E-state index is 12.5. The topological polar surface area (TPSA) is 36.3 Å². The predicted octanol–water partition coefficient (Wildman–Crippen LogP) is 3.56. The highest BCUT2D eigenvalue weighted by Gasteiger charge is 2.15. The van der Waals surface area contributed by atoms with E-state index < -0.39 is 6.61 Å². The van der Waals surface area contributed by atoms with Gasteiger partial charge in [-0.2, -0.15) is 13.9 Å². The second kappa shape index (κ2) is 6.81. The molecular formula is C13H13BrF2N2O2. The summed E-state index contributed by atoms with van der Waals surface area (Å²) in [7, 11) is 1.60. The zero-order valence-corrected chi connectivity index (χ0v) is 12.3. The summed E-state index contributed by atoms with van der Waals surface area (Å²) in [6.07, 6.45) is 3.37. The van der Waals surface area contributed by atoms with E-state index in [0.29, 0.717) is 28.8 Å². The van der Waals surface area contributed by atoms with Gasteiger partial charge in [0.1, 0.15) is 5.75 Å². The average molecular weight is 347 g/mol. The number of hydrogen-bond donors (Lipinski definition) is 0. The first-order valence-corrected chi connectivity index (χ1v) is 6.66. The summed E-state index contributed by atoms with van der Waals surface area (Å²) < 4.78 is 36.7. The van der Waals surface area contributed by atoms with Gasteiger partial charge in [-0.3, -0.25) is 4.68 Å². The Kier molecular flexibility index (Phi) is 5.08. The smallest absolute Gasteiger partial charge is 0.387 e. The highest BCUT2D eigenvalue weighted by molar-refractivity contribution is 9.10. The van der Waals surface area contributed by atoms with Crippen LogP contribution in [0.15, 0.2) is 35.1 Å². The Balaban J connectivity index is 2.31.